The van der Waals surface area contributed by atoms with E-state index in [4.69, 9.17) is 27.9 Å². The van der Waals surface area contributed by atoms with Crippen LogP contribution in [-0.2, 0) is 11.3 Å². The molecule has 0 saturated carbocycles. The zero-order chi connectivity index (χ0) is 18.5. The molecule has 0 bridgehead atoms. The van der Waals surface area contributed by atoms with Crippen molar-refractivity contribution in [3.8, 4) is 0 Å². The molecule has 1 fully saturated rings. The van der Waals surface area contributed by atoms with Gasteiger partial charge in [-0.05, 0) is 36.8 Å². The van der Waals surface area contributed by atoms with Crippen LogP contribution in [-0.4, -0.2) is 53.6 Å². The maximum Gasteiger partial charge on any atom is 0.339 e. The fraction of sp³-hybridized carbons (Fsp3) is 0.389. The third-order valence-corrected chi connectivity index (χ3v) is 4.57. The lowest BCUT2D eigenvalue weighted by Gasteiger charge is -2.35. The number of anilines is 1. The second-order valence-electron chi connectivity index (χ2n) is 6.01. The maximum atomic E-state index is 11.7. The number of nitrogens with zero attached hydrogens (tertiary/aromatic N) is 4. The third kappa shape index (κ3) is 4.84. The van der Waals surface area contributed by atoms with E-state index in [9.17, 15) is 4.79 Å². The van der Waals surface area contributed by atoms with Crippen molar-refractivity contribution in [1.29, 1.82) is 0 Å². The Kier molecular flexibility index (Phi) is 6.29. The van der Waals surface area contributed by atoms with E-state index in [1.165, 1.54) is 0 Å². The normalized spacial score (nSPS) is 15.1. The van der Waals surface area contributed by atoms with Gasteiger partial charge in [0.2, 0.25) is 0 Å². The highest BCUT2D eigenvalue weighted by atomic mass is 35.5. The molecular formula is C18H20Cl2N4O2. The van der Waals surface area contributed by atoms with Crippen molar-refractivity contribution in [2.45, 2.75) is 13.5 Å². The van der Waals surface area contributed by atoms with E-state index >= 15 is 0 Å². The zero-order valence-electron chi connectivity index (χ0n) is 14.5. The first-order valence-electron chi connectivity index (χ1n) is 8.47. The molecule has 3 rings (SSSR count). The summed E-state index contributed by atoms with van der Waals surface area (Å²) < 4.78 is 4.98. The van der Waals surface area contributed by atoms with Crippen molar-refractivity contribution in [2.75, 3.05) is 37.7 Å². The molecule has 0 amide bonds. The Bertz CT molecular complexity index is 742. The van der Waals surface area contributed by atoms with Gasteiger partial charge in [0.1, 0.15) is 16.1 Å². The van der Waals surface area contributed by atoms with Crippen LogP contribution in [0.4, 0.5) is 5.82 Å². The second kappa shape index (κ2) is 8.66. The average molecular weight is 395 g/mol. The molecule has 0 atom stereocenters. The molecule has 0 N–H and O–H groups in total. The lowest BCUT2D eigenvalue weighted by Crippen LogP contribution is -2.46. The van der Waals surface area contributed by atoms with E-state index in [0.29, 0.717) is 22.5 Å². The van der Waals surface area contributed by atoms with Crippen molar-refractivity contribution in [3.63, 3.8) is 0 Å². The molecule has 2 aromatic heterocycles. The maximum absolute atomic E-state index is 11.7. The molecule has 8 heteroatoms. The minimum absolute atomic E-state index is 0.342. The number of carbonyl (C=O) groups excluding carboxylic acids is 1. The lowest BCUT2D eigenvalue weighted by atomic mass is 10.2. The summed E-state index contributed by atoms with van der Waals surface area (Å²) >= 11 is 11.9. The van der Waals surface area contributed by atoms with E-state index in [1.54, 1.807) is 19.2 Å². The second-order valence-corrected chi connectivity index (χ2v) is 6.78. The monoisotopic (exact) mass is 394 g/mol. The summed E-state index contributed by atoms with van der Waals surface area (Å²) in [5.74, 6) is 0.527. The Morgan fingerprint density at radius 2 is 1.85 bits per heavy atom. The van der Waals surface area contributed by atoms with Gasteiger partial charge < -0.3 is 9.64 Å². The number of hydrogen-bond acceptors (Lipinski definition) is 6. The number of ether oxygens (including phenoxy) is 1. The minimum atomic E-state index is -0.342. The first-order valence-corrected chi connectivity index (χ1v) is 9.23. The Labute approximate surface area is 162 Å². The number of rotatable bonds is 5. The topological polar surface area (TPSA) is 58.6 Å². The molecule has 0 aliphatic carbocycles. The van der Waals surface area contributed by atoms with Crippen LogP contribution >= 0.6 is 23.2 Å². The fourth-order valence-corrected chi connectivity index (χ4v) is 3.41. The molecule has 0 radical (unpaired) electrons. The molecule has 0 aromatic carbocycles. The van der Waals surface area contributed by atoms with Gasteiger partial charge in [0.25, 0.3) is 0 Å². The highest BCUT2D eigenvalue weighted by molar-refractivity contribution is 6.32. The predicted molar refractivity (Wildman–Crippen MR) is 102 cm³/mol. The van der Waals surface area contributed by atoms with Crippen LogP contribution in [0, 0.1) is 0 Å². The molecule has 1 aliphatic heterocycles. The SMILES string of the molecule is CCOC(=O)c1ccc(N2CCN(Cc3cc(Cl)nc(Cl)c3)CC2)nc1. The summed E-state index contributed by atoms with van der Waals surface area (Å²) in [5, 5.41) is 0.828. The number of hydrogen-bond donors (Lipinski definition) is 0. The molecule has 26 heavy (non-hydrogen) atoms. The van der Waals surface area contributed by atoms with E-state index in [2.05, 4.69) is 19.8 Å². The van der Waals surface area contributed by atoms with Crippen molar-refractivity contribution < 1.29 is 9.53 Å². The lowest BCUT2D eigenvalue weighted by molar-refractivity contribution is 0.0526. The van der Waals surface area contributed by atoms with Crippen LogP contribution < -0.4 is 4.90 Å². The molecule has 0 unspecified atom stereocenters. The van der Waals surface area contributed by atoms with Gasteiger partial charge in [-0.2, -0.15) is 0 Å². The molecular weight excluding hydrogens is 375 g/mol. The first-order chi connectivity index (χ1) is 12.5. The minimum Gasteiger partial charge on any atom is -0.462 e. The first kappa shape index (κ1) is 18.9. The highest BCUT2D eigenvalue weighted by Gasteiger charge is 2.19. The van der Waals surface area contributed by atoms with Gasteiger partial charge in [0.05, 0.1) is 12.2 Å². The van der Waals surface area contributed by atoms with Gasteiger partial charge in [-0.3, -0.25) is 4.90 Å². The Balaban J connectivity index is 1.55. The van der Waals surface area contributed by atoms with Gasteiger partial charge in [-0.15, -0.1) is 0 Å². The molecule has 0 spiro atoms. The number of piperazine rings is 1. The number of aromatic nitrogens is 2. The van der Waals surface area contributed by atoms with Gasteiger partial charge in [-0.1, -0.05) is 23.2 Å². The molecule has 6 nitrogen and oxygen atoms in total. The van der Waals surface area contributed by atoms with Gasteiger partial charge in [0, 0.05) is 38.9 Å². The van der Waals surface area contributed by atoms with Crippen LogP contribution in [0.1, 0.15) is 22.8 Å². The molecule has 138 valence electrons. The molecule has 1 saturated heterocycles. The van der Waals surface area contributed by atoms with Gasteiger partial charge >= 0.3 is 5.97 Å². The Hall–Kier alpha value is -1.89. The number of carbonyl (C=O) groups is 1. The van der Waals surface area contributed by atoms with Gasteiger partial charge in [0.15, 0.2) is 0 Å². The fourth-order valence-electron chi connectivity index (χ4n) is 2.91. The van der Waals surface area contributed by atoms with Crippen molar-refractivity contribution in [1.82, 2.24) is 14.9 Å². The Morgan fingerprint density at radius 1 is 1.15 bits per heavy atom. The van der Waals surface area contributed by atoms with E-state index in [-0.39, 0.29) is 5.97 Å². The predicted octanol–water partition coefficient (Wildman–Crippen LogP) is 3.28. The van der Waals surface area contributed by atoms with E-state index < -0.39 is 0 Å². The molecule has 3 heterocycles. The Morgan fingerprint density at radius 3 is 2.42 bits per heavy atom. The van der Waals surface area contributed by atoms with E-state index in [0.717, 1.165) is 44.1 Å². The van der Waals surface area contributed by atoms with Crippen LogP contribution in [0.25, 0.3) is 0 Å². The summed E-state index contributed by atoms with van der Waals surface area (Å²) in [7, 11) is 0. The number of esters is 1. The van der Waals surface area contributed by atoms with Crippen molar-refractivity contribution >= 4 is 35.0 Å². The van der Waals surface area contributed by atoms with Crippen molar-refractivity contribution in [3.05, 3.63) is 51.9 Å². The summed E-state index contributed by atoms with van der Waals surface area (Å²) in [4.78, 5) is 24.6. The quantitative estimate of drug-likeness (QED) is 0.572. The zero-order valence-corrected chi connectivity index (χ0v) is 16.0. The van der Waals surface area contributed by atoms with E-state index in [1.807, 2.05) is 18.2 Å². The van der Waals surface area contributed by atoms with Crippen LogP contribution in [0.5, 0.6) is 0 Å². The highest BCUT2D eigenvalue weighted by Crippen LogP contribution is 2.19. The van der Waals surface area contributed by atoms with Crippen LogP contribution in [0.3, 0.4) is 0 Å². The summed E-state index contributed by atoms with van der Waals surface area (Å²) in [6, 6.07) is 7.31. The standard InChI is InChI=1S/C18H20Cl2N4O2/c1-2-26-18(25)14-3-4-17(21-11-14)24-7-5-23(6-8-24)12-13-9-15(19)22-16(20)10-13/h3-4,9-11H,2,5-8,12H2,1H3. The smallest absolute Gasteiger partial charge is 0.339 e. The summed E-state index contributed by atoms with van der Waals surface area (Å²) in [6.07, 6.45) is 1.57. The summed E-state index contributed by atoms with van der Waals surface area (Å²) in [5.41, 5.74) is 1.53. The third-order valence-electron chi connectivity index (χ3n) is 4.18. The molecule has 2 aromatic rings. The number of pyridine rings is 2. The average Bonchev–Trinajstić information content (AvgIpc) is 2.62. The number of halogens is 2. The molecule has 1 aliphatic rings. The van der Waals surface area contributed by atoms with Gasteiger partial charge in [-0.25, -0.2) is 14.8 Å². The van der Waals surface area contributed by atoms with Crippen molar-refractivity contribution in [2.24, 2.45) is 0 Å². The van der Waals surface area contributed by atoms with Crippen LogP contribution in [0.15, 0.2) is 30.5 Å². The largest absolute Gasteiger partial charge is 0.462 e. The summed E-state index contributed by atoms with van der Waals surface area (Å²) in [6.45, 7) is 6.45. The van der Waals surface area contributed by atoms with Crippen LogP contribution in [0.2, 0.25) is 10.3 Å².